The molecule has 0 saturated carbocycles. The Kier molecular flexibility index (Phi) is 5.17. The fraction of sp³-hybridized carbons (Fsp3) is 0.435. The maximum absolute atomic E-state index is 12.9. The number of nitrogens with zero attached hydrogens (tertiary/aromatic N) is 2. The van der Waals surface area contributed by atoms with Gasteiger partial charge >= 0.3 is 0 Å². The molecule has 4 nitrogen and oxygen atoms in total. The highest BCUT2D eigenvalue weighted by Gasteiger charge is 2.26. The average Bonchev–Trinajstić information content (AvgIpc) is 2.68. The number of carbonyl (C=O) groups is 1. The Morgan fingerprint density at radius 2 is 1.85 bits per heavy atom. The van der Waals surface area contributed by atoms with Gasteiger partial charge in [0.05, 0.1) is 5.92 Å². The van der Waals surface area contributed by atoms with E-state index in [0.717, 1.165) is 51.1 Å². The lowest BCUT2D eigenvalue weighted by Gasteiger charge is -2.35. The summed E-state index contributed by atoms with van der Waals surface area (Å²) in [5.74, 6) is 0.0847. The highest BCUT2D eigenvalue weighted by Crippen LogP contribution is 2.33. The van der Waals surface area contributed by atoms with Crippen LogP contribution in [0.2, 0.25) is 0 Å². The van der Waals surface area contributed by atoms with Crippen LogP contribution in [0.25, 0.3) is 0 Å². The predicted molar refractivity (Wildman–Crippen MR) is 112 cm³/mol. The molecule has 1 aliphatic carbocycles. The van der Waals surface area contributed by atoms with Crippen molar-refractivity contribution in [2.75, 3.05) is 43.4 Å². The van der Waals surface area contributed by atoms with Crippen molar-refractivity contribution < 1.29 is 4.79 Å². The number of amides is 1. The maximum Gasteiger partial charge on any atom is 0.231 e. The van der Waals surface area contributed by atoms with Gasteiger partial charge in [0.1, 0.15) is 0 Å². The van der Waals surface area contributed by atoms with Gasteiger partial charge in [0.15, 0.2) is 0 Å². The lowest BCUT2D eigenvalue weighted by Crippen LogP contribution is -2.44. The molecule has 27 heavy (non-hydrogen) atoms. The number of fused-ring (bicyclic) bond motifs is 1. The lowest BCUT2D eigenvalue weighted by molar-refractivity contribution is -0.117. The standard InChI is InChI=1S/C23H29N3O/c1-17-16-19(10-11-22(17)26-14-12-25(2)13-15-26)24-23(27)21-9-5-7-18-6-3-4-8-20(18)21/h3-4,6,8,10-11,16,21H,5,7,9,12-15H2,1-2H3,(H,24,27). The first-order chi connectivity index (χ1) is 13.1. The van der Waals surface area contributed by atoms with E-state index in [-0.39, 0.29) is 11.8 Å². The number of anilines is 2. The molecule has 0 spiro atoms. The molecule has 0 radical (unpaired) electrons. The SMILES string of the molecule is Cc1cc(NC(=O)C2CCCc3ccccc32)ccc1N1CCN(C)CC1. The van der Waals surface area contributed by atoms with Crippen molar-refractivity contribution in [2.45, 2.75) is 32.1 Å². The van der Waals surface area contributed by atoms with Crippen LogP contribution in [0.5, 0.6) is 0 Å². The van der Waals surface area contributed by atoms with E-state index in [1.165, 1.54) is 22.4 Å². The summed E-state index contributed by atoms with van der Waals surface area (Å²) in [6.07, 6.45) is 3.09. The first-order valence-corrected chi connectivity index (χ1v) is 10.0. The van der Waals surface area contributed by atoms with Gasteiger partial charge in [-0.1, -0.05) is 24.3 Å². The molecule has 1 heterocycles. The second-order valence-electron chi connectivity index (χ2n) is 7.92. The summed E-state index contributed by atoms with van der Waals surface area (Å²) in [7, 11) is 2.17. The molecule has 1 saturated heterocycles. The Morgan fingerprint density at radius 1 is 1.07 bits per heavy atom. The van der Waals surface area contributed by atoms with Gasteiger partial charge in [-0.15, -0.1) is 0 Å². The molecule has 1 aliphatic heterocycles. The van der Waals surface area contributed by atoms with E-state index in [2.05, 4.69) is 59.4 Å². The van der Waals surface area contributed by atoms with Crippen LogP contribution in [0.1, 0.15) is 35.4 Å². The average molecular weight is 364 g/mol. The molecule has 1 atom stereocenters. The number of nitrogens with one attached hydrogen (secondary N) is 1. The fourth-order valence-corrected chi connectivity index (χ4v) is 4.39. The molecule has 1 unspecified atom stereocenters. The van der Waals surface area contributed by atoms with E-state index in [4.69, 9.17) is 0 Å². The molecule has 4 heteroatoms. The molecule has 0 bridgehead atoms. The third-order valence-electron chi connectivity index (χ3n) is 5.99. The monoisotopic (exact) mass is 363 g/mol. The molecule has 142 valence electrons. The summed E-state index contributed by atoms with van der Waals surface area (Å²) in [6.45, 7) is 6.45. The first kappa shape index (κ1) is 18.1. The molecule has 4 rings (SSSR count). The van der Waals surface area contributed by atoms with Crippen LogP contribution in [0.3, 0.4) is 0 Å². The van der Waals surface area contributed by atoms with Crippen molar-refractivity contribution in [3.05, 3.63) is 59.2 Å². The van der Waals surface area contributed by atoms with Gasteiger partial charge in [-0.3, -0.25) is 4.79 Å². The van der Waals surface area contributed by atoms with Crippen molar-refractivity contribution in [1.29, 1.82) is 0 Å². The van der Waals surface area contributed by atoms with Crippen LogP contribution in [0.15, 0.2) is 42.5 Å². The van der Waals surface area contributed by atoms with Gasteiger partial charge in [0.25, 0.3) is 0 Å². The van der Waals surface area contributed by atoms with Gasteiger partial charge in [0.2, 0.25) is 5.91 Å². The summed E-state index contributed by atoms with van der Waals surface area (Å²) in [5, 5.41) is 3.16. The number of rotatable bonds is 3. The Balaban J connectivity index is 1.47. The van der Waals surface area contributed by atoms with E-state index in [1.807, 2.05) is 12.1 Å². The Morgan fingerprint density at radius 3 is 2.63 bits per heavy atom. The topological polar surface area (TPSA) is 35.6 Å². The zero-order valence-electron chi connectivity index (χ0n) is 16.4. The van der Waals surface area contributed by atoms with E-state index in [0.29, 0.717) is 0 Å². The third-order valence-corrected chi connectivity index (χ3v) is 5.99. The van der Waals surface area contributed by atoms with Crippen LogP contribution in [-0.4, -0.2) is 44.0 Å². The van der Waals surface area contributed by atoms with Crippen LogP contribution < -0.4 is 10.2 Å². The molecule has 1 amide bonds. The third kappa shape index (κ3) is 3.86. The molecule has 2 aliphatic rings. The van der Waals surface area contributed by atoms with Crippen molar-refractivity contribution >= 4 is 17.3 Å². The highest BCUT2D eigenvalue weighted by atomic mass is 16.1. The Bertz CT molecular complexity index is 824. The summed E-state index contributed by atoms with van der Waals surface area (Å²) in [6, 6.07) is 14.7. The highest BCUT2D eigenvalue weighted by molar-refractivity contribution is 5.96. The minimum absolute atomic E-state index is 0.0347. The largest absolute Gasteiger partial charge is 0.369 e. The molecular weight excluding hydrogens is 334 g/mol. The van der Waals surface area contributed by atoms with Crippen molar-refractivity contribution in [3.8, 4) is 0 Å². The molecule has 1 N–H and O–H groups in total. The van der Waals surface area contributed by atoms with Crippen LogP contribution >= 0.6 is 0 Å². The van der Waals surface area contributed by atoms with Crippen LogP contribution in [0, 0.1) is 6.92 Å². The number of benzene rings is 2. The smallest absolute Gasteiger partial charge is 0.231 e. The Labute approximate surface area is 162 Å². The lowest BCUT2D eigenvalue weighted by atomic mass is 9.82. The molecular formula is C23H29N3O. The summed E-state index contributed by atoms with van der Waals surface area (Å²) in [5.41, 5.74) is 5.93. The van der Waals surface area contributed by atoms with E-state index < -0.39 is 0 Å². The quantitative estimate of drug-likeness (QED) is 0.901. The van der Waals surface area contributed by atoms with Gasteiger partial charge in [-0.25, -0.2) is 0 Å². The number of likely N-dealkylation sites (N-methyl/N-ethyl adjacent to an activating group) is 1. The summed E-state index contributed by atoms with van der Waals surface area (Å²) in [4.78, 5) is 17.7. The van der Waals surface area contributed by atoms with Crippen molar-refractivity contribution in [3.63, 3.8) is 0 Å². The number of piperazine rings is 1. The normalized spacial score (nSPS) is 20.2. The number of carbonyl (C=O) groups excluding carboxylic acids is 1. The Hall–Kier alpha value is -2.33. The zero-order chi connectivity index (χ0) is 18.8. The minimum Gasteiger partial charge on any atom is -0.369 e. The van der Waals surface area contributed by atoms with Gasteiger partial charge in [0, 0.05) is 37.6 Å². The molecule has 2 aromatic rings. The maximum atomic E-state index is 12.9. The molecule has 0 aromatic heterocycles. The van der Waals surface area contributed by atoms with Crippen molar-refractivity contribution in [2.24, 2.45) is 0 Å². The zero-order valence-corrected chi connectivity index (χ0v) is 16.4. The molecule has 2 aromatic carbocycles. The summed E-state index contributed by atoms with van der Waals surface area (Å²) >= 11 is 0. The minimum atomic E-state index is -0.0347. The van der Waals surface area contributed by atoms with Gasteiger partial charge < -0.3 is 15.1 Å². The second kappa shape index (κ2) is 7.73. The van der Waals surface area contributed by atoms with Crippen molar-refractivity contribution in [1.82, 2.24) is 4.90 Å². The number of aryl methyl sites for hydroxylation is 2. The van der Waals surface area contributed by atoms with E-state index in [9.17, 15) is 4.79 Å². The van der Waals surface area contributed by atoms with Crippen LogP contribution in [-0.2, 0) is 11.2 Å². The number of hydrogen-bond acceptors (Lipinski definition) is 3. The van der Waals surface area contributed by atoms with Gasteiger partial charge in [-0.2, -0.15) is 0 Å². The fourth-order valence-electron chi connectivity index (χ4n) is 4.39. The second-order valence-corrected chi connectivity index (χ2v) is 7.92. The van der Waals surface area contributed by atoms with E-state index >= 15 is 0 Å². The first-order valence-electron chi connectivity index (χ1n) is 10.0. The summed E-state index contributed by atoms with van der Waals surface area (Å²) < 4.78 is 0. The predicted octanol–water partition coefficient (Wildman–Crippen LogP) is 3.81. The number of hydrogen-bond donors (Lipinski definition) is 1. The van der Waals surface area contributed by atoms with Gasteiger partial charge in [-0.05, 0) is 68.1 Å². The van der Waals surface area contributed by atoms with E-state index in [1.54, 1.807) is 0 Å². The van der Waals surface area contributed by atoms with Crippen LogP contribution in [0.4, 0.5) is 11.4 Å². The molecule has 1 fully saturated rings.